The number of carboxylic acid groups (broad SMARTS) is 1. The van der Waals surface area contributed by atoms with Gasteiger partial charge in [-0.05, 0) is 30.5 Å². The number of benzene rings is 1. The fourth-order valence-corrected chi connectivity index (χ4v) is 1.64. The van der Waals surface area contributed by atoms with Crippen molar-refractivity contribution in [3.8, 4) is 0 Å². The molecule has 1 atom stereocenters. The van der Waals surface area contributed by atoms with E-state index >= 15 is 0 Å². The lowest BCUT2D eigenvalue weighted by atomic mass is 10.0. The van der Waals surface area contributed by atoms with Gasteiger partial charge >= 0.3 is 5.97 Å². The monoisotopic (exact) mass is 240 g/mol. The summed E-state index contributed by atoms with van der Waals surface area (Å²) in [4.78, 5) is 10.3. The summed E-state index contributed by atoms with van der Waals surface area (Å²) >= 11 is 0. The number of carbonyl (C=O) groups is 1. The number of aliphatic hydroxyl groups is 1. The summed E-state index contributed by atoms with van der Waals surface area (Å²) in [5.41, 5.74) is 0.699. The molecular formula is C13H17FO3. The van der Waals surface area contributed by atoms with Crippen LogP contribution < -0.4 is 0 Å². The summed E-state index contributed by atoms with van der Waals surface area (Å²) in [6.45, 7) is 0. The van der Waals surface area contributed by atoms with Crippen LogP contribution in [0.3, 0.4) is 0 Å². The smallest absolute Gasteiger partial charge is 0.303 e. The van der Waals surface area contributed by atoms with Crippen LogP contribution in [0.4, 0.5) is 4.39 Å². The second-order valence-corrected chi connectivity index (χ2v) is 4.06. The molecule has 0 saturated heterocycles. The minimum atomic E-state index is -0.788. The first-order chi connectivity index (χ1) is 8.09. The Kier molecular flexibility index (Phi) is 5.63. The van der Waals surface area contributed by atoms with Crippen molar-refractivity contribution in [2.45, 2.75) is 38.2 Å². The number of aliphatic carboxylic acids is 1. The highest BCUT2D eigenvalue weighted by Crippen LogP contribution is 2.20. The summed E-state index contributed by atoms with van der Waals surface area (Å²) < 4.78 is 12.6. The van der Waals surface area contributed by atoms with Gasteiger partial charge in [-0.2, -0.15) is 0 Å². The molecule has 0 spiro atoms. The number of rotatable bonds is 7. The highest BCUT2D eigenvalue weighted by molar-refractivity contribution is 5.66. The van der Waals surface area contributed by atoms with E-state index < -0.39 is 12.1 Å². The molecule has 0 heterocycles. The third-order valence-electron chi connectivity index (χ3n) is 2.62. The zero-order valence-electron chi connectivity index (χ0n) is 9.60. The van der Waals surface area contributed by atoms with Crippen molar-refractivity contribution in [2.75, 3.05) is 0 Å². The Morgan fingerprint density at radius 2 is 1.82 bits per heavy atom. The molecule has 3 nitrogen and oxygen atoms in total. The Bertz CT molecular complexity index is 348. The van der Waals surface area contributed by atoms with E-state index in [-0.39, 0.29) is 12.2 Å². The maximum atomic E-state index is 12.6. The zero-order chi connectivity index (χ0) is 12.7. The van der Waals surface area contributed by atoms with Crippen LogP contribution in [-0.4, -0.2) is 16.2 Å². The second kappa shape index (κ2) is 7.01. The largest absolute Gasteiger partial charge is 0.481 e. The van der Waals surface area contributed by atoms with E-state index in [1.54, 1.807) is 12.1 Å². The molecule has 0 aromatic heterocycles. The SMILES string of the molecule is O=C(O)CCCCC[C@H](O)c1ccc(F)cc1. The molecule has 4 heteroatoms. The summed E-state index contributed by atoms with van der Waals surface area (Å²) in [6.07, 6.45) is 2.33. The van der Waals surface area contributed by atoms with Crippen molar-refractivity contribution in [1.82, 2.24) is 0 Å². The molecule has 0 amide bonds. The quantitative estimate of drug-likeness (QED) is 0.720. The van der Waals surface area contributed by atoms with Crippen molar-refractivity contribution >= 4 is 5.97 Å². The lowest BCUT2D eigenvalue weighted by molar-refractivity contribution is -0.137. The molecule has 17 heavy (non-hydrogen) atoms. The van der Waals surface area contributed by atoms with E-state index in [9.17, 15) is 14.3 Å². The minimum absolute atomic E-state index is 0.173. The third kappa shape index (κ3) is 5.45. The first-order valence-corrected chi connectivity index (χ1v) is 5.75. The minimum Gasteiger partial charge on any atom is -0.481 e. The Balaban J connectivity index is 2.23. The Morgan fingerprint density at radius 3 is 2.41 bits per heavy atom. The summed E-state index contributed by atoms with van der Waals surface area (Å²) in [5.74, 6) is -1.11. The molecule has 94 valence electrons. The fourth-order valence-electron chi connectivity index (χ4n) is 1.64. The van der Waals surface area contributed by atoms with Crippen LogP contribution in [0.15, 0.2) is 24.3 Å². The predicted octanol–water partition coefficient (Wildman–Crippen LogP) is 2.89. The standard InChI is InChI=1S/C13H17FO3/c14-11-8-6-10(7-9-11)12(15)4-2-1-3-5-13(16)17/h6-9,12,15H,1-5H2,(H,16,17)/t12-/m0/s1. The number of unbranched alkanes of at least 4 members (excludes halogenated alkanes) is 2. The molecular weight excluding hydrogens is 223 g/mol. The maximum absolute atomic E-state index is 12.6. The van der Waals surface area contributed by atoms with Crippen LogP contribution in [0, 0.1) is 5.82 Å². The van der Waals surface area contributed by atoms with E-state index in [0.717, 1.165) is 12.8 Å². The van der Waals surface area contributed by atoms with Crippen molar-refractivity contribution in [2.24, 2.45) is 0 Å². The van der Waals surface area contributed by atoms with E-state index in [0.29, 0.717) is 18.4 Å². The molecule has 0 bridgehead atoms. The lowest BCUT2D eigenvalue weighted by Crippen LogP contribution is -1.98. The summed E-state index contributed by atoms with van der Waals surface area (Å²) in [5, 5.41) is 18.2. The average molecular weight is 240 g/mol. The van der Waals surface area contributed by atoms with Gasteiger partial charge in [0, 0.05) is 6.42 Å². The second-order valence-electron chi connectivity index (χ2n) is 4.06. The topological polar surface area (TPSA) is 57.5 Å². The van der Waals surface area contributed by atoms with Gasteiger partial charge in [0.15, 0.2) is 0 Å². The highest BCUT2D eigenvalue weighted by Gasteiger charge is 2.07. The number of aliphatic hydroxyl groups excluding tert-OH is 1. The van der Waals surface area contributed by atoms with Crippen LogP contribution in [0.5, 0.6) is 0 Å². The van der Waals surface area contributed by atoms with E-state index in [1.165, 1.54) is 12.1 Å². The molecule has 0 unspecified atom stereocenters. The highest BCUT2D eigenvalue weighted by atomic mass is 19.1. The molecule has 0 radical (unpaired) electrons. The van der Waals surface area contributed by atoms with Crippen LogP contribution in [0.25, 0.3) is 0 Å². The first kappa shape index (κ1) is 13.6. The van der Waals surface area contributed by atoms with Gasteiger partial charge < -0.3 is 10.2 Å². The van der Waals surface area contributed by atoms with Crippen molar-refractivity contribution < 1.29 is 19.4 Å². The Hall–Kier alpha value is -1.42. The van der Waals surface area contributed by atoms with E-state index in [4.69, 9.17) is 5.11 Å². The molecule has 2 N–H and O–H groups in total. The fraction of sp³-hybridized carbons (Fsp3) is 0.462. The maximum Gasteiger partial charge on any atom is 0.303 e. The van der Waals surface area contributed by atoms with Gasteiger partial charge in [0.1, 0.15) is 5.82 Å². The van der Waals surface area contributed by atoms with Crippen LogP contribution in [-0.2, 0) is 4.79 Å². The van der Waals surface area contributed by atoms with Gasteiger partial charge in [-0.15, -0.1) is 0 Å². The van der Waals surface area contributed by atoms with Gasteiger partial charge in [0.2, 0.25) is 0 Å². The molecule has 0 fully saturated rings. The molecule has 0 aliphatic rings. The predicted molar refractivity (Wildman–Crippen MR) is 62.1 cm³/mol. The van der Waals surface area contributed by atoms with Gasteiger partial charge in [0.25, 0.3) is 0 Å². The first-order valence-electron chi connectivity index (χ1n) is 5.75. The van der Waals surface area contributed by atoms with Gasteiger partial charge in [-0.25, -0.2) is 4.39 Å². The van der Waals surface area contributed by atoms with Gasteiger partial charge in [-0.1, -0.05) is 25.0 Å². The molecule has 0 aliphatic heterocycles. The van der Waals surface area contributed by atoms with Gasteiger partial charge in [0.05, 0.1) is 6.10 Å². The normalized spacial score (nSPS) is 12.4. The summed E-state index contributed by atoms with van der Waals surface area (Å²) in [7, 11) is 0. The zero-order valence-corrected chi connectivity index (χ0v) is 9.60. The van der Waals surface area contributed by atoms with Crippen LogP contribution in [0.2, 0.25) is 0 Å². The van der Waals surface area contributed by atoms with E-state index in [2.05, 4.69) is 0 Å². The number of hydrogen-bond donors (Lipinski definition) is 2. The molecule has 0 saturated carbocycles. The summed E-state index contributed by atoms with van der Waals surface area (Å²) in [6, 6.07) is 5.78. The van der Waals surface area contributed by atoms with Gasteiger partial charge in [-0.3, -0.25) is 4.79 Å². The number of hydrogen-bond acceptors (Lipinski definition) is 2. The molecule has 1 aromatic rings. The van der Waals surface area contributed by atoms with E-state index in [1.807, 2.05) is 0 Å². The lowest BCUT2D eigenvalue weighted by Gasteiger charge is -2.10. The number of carboxylic acids is 1. The Morgan fingerprint density at radius 1 is 1.18 bits per heavy atom. The van der Waals surface area contributed by atoms with Crippen LogP contribution >= 0.6 is 0 Å². The average Bonchev–Trinajstić information content (AvgIpc) is 2.29. The van der Waals surface area contributed by atoms with Crippen molar-refractivity contribution in [3.05, 3.63) is 35.6 Å². The molecule has 1 aromatic carbocycles. The van der Waals surface area contributed by atoms with Crippen molar-refractivity contribution in [1.29, 1.82) is 0 Å². The third-order valence-corrected chi connectivity index (χ3v) is 2.62. The number of halogens is 1. The molecule has 1 rings (SSSR count). The van der Waals surface area contributed by atoms with Crippen molar-refractivity contribution in [3.63, 3.8) is 0 Å². The molecule has 0 aliphatic carbocycles. The Labute approximate surface area is 99.9 Å². The van der Waals surface area contributed by atoms with Crippen LogP contribution in [0.1, 0.15) is 43.8 Å².